The number of piperidine rings is 1. The zero-order valence-electron chi connectivity index (χ0n) is 10.6. The van der Waals surface area contributed by atoms with Gasteiger partial charge in [-0.25, -0.2) is 0 Å². The molecule has 0 aliphatic carbocycles. The minimum Gasteiger partial charge on any atom is -0.368 e. The summed E-state index contributed by atoms with van der Waals surface area (Å²) in [6, 6.07) is 0. The zero-order chi connectivity index (χ0) is 12.8. The Morgan fingerprint density at radius 3 is 3.06 bits per heavy atom. The van der Waals surface area contributed by atoms with Crippen molar-refractivity contribution < 1.29 is 9.53 Å². The lowest BCUT2D eigenvalue weighted by Crippen LogP contribution is -2.35. The third-order valence-electron chi connectivity index (χ3n) is 2.99. The molecule has 0 spiro atoms. The van der Waals surface area contributed by atoms with Crippen molar-refractivity contribution in [3.8, 4) is 0 Å². The Labute approximate surface area is 106 Å². The number of hydrogen-bond donors (Lipinski definition) is 2. The Morgan fingerprint density at radius 1 is 1.61 bits per heavy atom. The molecule has 1 amide bonds. The molecule has 1 aliphatic heterocycles. The molecular formula is C11H19N5O2. The van der Waals surface area contributed by atoms with Gasteiger partial charge in [-0.2, -0.15) is 0 Å². The van der Waals surface area contributed by atoms with Gasteiger partial charge >= 0.3 is 0 Å². The fourth-order valence-electron chi connectivity index (χ4n) is 1.85. The summed E-state index contributed by atoms with van der Waals surface area (Å²) in [7, 11) is 1.84. The Hall–Kier alpha value is -1.47. The van der Waals surface area contributed by atoms with E-state index in [1.54, 1.807) is 10.9 Å². The molecule has 2 N–H and O–H groups in total. The molecule has 0 aromatic carbocycles. The van der Waals surface area contributed by atoms with Crippen LogP contribution in [0.15, 0.2) is 6.33 Å². The highest BCUT2D eigenvalue weighted by Crippen LogP contribution is 2.06. The van der Waals surface area contributed by atoms with Crippen LogP contribution in [0.4, 0.5) is 0 Å². The first-order valence-electron chi connectivity index (χ1n) is 6.17. The summed E-state index contributed by atoms with van der Waals surface area (Å²) >= 11 is 0. The predicted octanol–water partition coefficient (Wildman–Crippen LogP) is -0.800. The molecule has 1 saturated heterocycles. The molecule has 7 nitrogen and oxygen atoms in total. The van der Waals surface area contributed by atoms with E-state index in [-0.39, 0.29) is 18.6 Å². The van der Waals surface area contributed by atoms with E-state index in [0.717, 1.165) is 31.8 Å². The van der Waals surface area contributed by atoms with Crippen LogP contribution in [0.2, 0.25) is 0 Å². The van der Waals surface area contributed by atoms with Crippen molar-refractivity contribution in [1.29, 1.82) is 0 Å². The summed E-state index contributed by atoms with van der Waals surface area (Å²) in [5.41, 5.74) is 0. The highest BCUT2D eigenvalue weighted by atomic mass is 16.5. The average Bonchev–Trinajstić information content (AvgIpc) is 2.81. The summed E-state index contributed by atoms with van der Waals surface area (Å²) in [5.74, 6) is 0.613. The maximum atomic E-state index is 11.6. The summed E-state index contributed by atoms with van der Waals surface area (Å²) in [6.45, 7) is 2.42. The van der Waals surface area contributed by atoms with Crippen LogP contribution in [-0.4, -0.2) is 46.5 Å². The lowest BCUT2D eigenvalue weighted by Gasteiger charge is -2.22. The van der Waals surface area contributed by atoms with Gasteiger partial charge in [0, 0.05) is 7.05 Å². The van der Waals surface area contributed by atoms with Crippen molar-refractivity contribution in [3.05, 3.63) is 12.2 Å². The van der Waals surface area contributed by atoms with Gasteiger partial charge in [0.1, 0.15) is 12.9 Å². The molecule has 0 radical (unpaired) electrons. The van der Waals surface area contributed by atoms with Crippen molar-refractivity contribution in [3.63, 3.8) is 0 Å². The Morgan fingerprint density at radius 2 is 2.39 bits per heavy atom. The average molecular weight is 253 g/mol. The minimum atomic E-state index is -0.114. The van der Waals surface area contributed by atoms with E-state index >= 15 is 0 Å². The van der Waals surface area contributed by atoms with Gasteiger partial charge in [-0.05, 0) is 25.9 Å². The minimum absolute atomic E-state index is 0.114. The molecule has 0 atom stereocenters. The molecule has 7 heteroatoms. The molecular weight excluding hydrogens is 234 g/mol. The van der Waals surface area contributed by atoms with E-state index in [9.17, 15) is 4.79 Å². The van der Waals surface area contributed by atoms with E-state index in [2.05, 4.69) is 20.8 Å². The van der Waals surface area contributed by atoms with Gasteiger partial charge in [0.15, 0.2) is 5.82 Å². The van der Waals surface area contributed by atoms with Crippen molar-refractivity contribution in [2.75, 3.05) is 19.7 Å². The van der Waals surface area contributed by atoms with Crippen LogP contribution < -0.4 is 10.6 Å². The second-order valence-electron chi connectivity index (χ2n) is 4.40. The summed E-state index contributed by atoms with van der Waals surface area (Å²) in [4.78, 5) is 11.6. The van der Waals surface area contributed by atoms with Gasteiger partial charge in [-0.3, -0.25) is 4.79 Å². The van der Waals surface area contributed by atoms with Gasteiger partial charge < -0.3 is 19.9 Å². The van der Waals surface area contributed by atoms with Crippen molar-refractivity contribution >= 4 is 5.91 Å². The van der Waals surface area contributed by atoms with Gasteiger partial charge in [0.05, 0.1) is 12.6 Å². The van der Waals surface area contributed by atoms with Crippen LogP contribution >= 0.6 is 0 Å². The van der Waals surface area contributed by atoms with Crippen LogP contribution in [0.1, 0.15) is 18.7 Å². The highest BCUT2D eigenvalue weighted by molar-refractivity contribution is 5.77. The first-order chi connectivity index (χ1) is 8.75. The van der Waals surface area contributed by atoms with Crippen molar-refractivity contribution in [1.82, 2.24) is 25.4 Å². The highest BCUT2D eigenvalue weighted by Gasteiger charge is 2.14. The molecule has 1 fully saturated rings. The normalized spacial score (nSPS) is 16.7. The molecule has 0 saturated carbocycles. The van der Waals surface area contributed by atoms with Crippen LogP contribution in [0.3, 0.4) is 0 Å². The Bertz CT molecular complexity index is 387. The van der Waals surface area contributed by atoms with E-state index < -0.39 is 0 Å². The van der Waals surface area contributed by atoms with E-state index in [4.69, 9.17) is 4.74 Å². The topological polar surface area (TPSA) is 81.1 Å². The second-order valence-corrected chi connectivity index (χ2v) is 4.40. The third-order valence-corrected chi connectivity index (χ3v) is 2.99. The number of ether oxygens (including phenoxy) is 1. The standard InChI is InChI=1S/C11H19N5O2/c1-16-8-14-15-10(16)6-13-11(17)7-18-9-2-4-12-5-3-9/h8-9,12H,2-7H2,1H3,(H,13,17). The van der Waals surface area contributed by atoms with Crippen LogP contribution in [0.25, 0.3) is 0 Å². The number of amides is 1. The lowest BCUT2D eigenvalue weighted by molar-refractivity contribution is -0.128. The quantitative estimate of drug-likeness (QED) is 0.718. The summed E-state index contributed by atoms with van der Waals surface area (Å²) in [5, 5.41) is 13.6. The van der Waals surface area contributed by atoms with Gasteiger partial charge in [-0.1, -0.05) is 0 Å². The number of carbonyl (C=O) groups is 1. The SMILES string of the molecule is Cn1cnnc1CNC(=O)COC1CCNCC1. The second kappa shape index (κ2) is 6.46. The van der Waals surface area contributed by atoms with Crippen LogP contribution in [0, 0.1) is 0 Å². The van der Waals surface area contributed by atoms with E-state index in [0.29, 0.717) is 6.54 Å². The molecule has 1 aromatic heterocycles. The van der Waals surface area contributed by atoms with E-state index in [1.165, 1.54) is 0 Å². The molecule has 2 heterocycles. The number of nitrogens with zero attached hydrogens (tertiary/aromatic N) is 3. The number of aromatic nitrogens is 3. The number of carbonyl (C=O) groups excluding carboxylic acids is 1. The van der Waals surface area contributed by atoms with Crippen molar-refractivity contribution in [2.45, 2.75) is 25.5 Å². The fourth-order valence-corrected chi connectivity index (χ4v) is 1.85. The maximum absolute atomic E-state index is 11.6. The predicted molar refractivity (Wildman–Crippen MR) is 64.7 cm³/mol. The Balaban J connectivity index is 1.64. The van der Waals surface area contributed by atoms with Crippen LogP contribution in [0.5, 0.6) is 0 Å². The van der Waals surface area contributed by atoms with E-state index in [1.807, 2.05) is 7.05 Å². The molecule has 1 aromatic rings. The first kappa shape index (κ1) is 13.0. The summed E-state index contributed by atoms with van der Waals surface area (Å²) < 4.78 is 7.32. The molecule has 100 valence electrons. The smallest absolute Gasteiger partial charge is 0.246 e. The lowest BCUT2D eigenvalue weighted by atomic mass is 10.1. The maximum Gasteiger partial charge on any atom is 0.246 e. The summed E-state index contributed by atoms with van der Waals surface area (Å²) in [6.07, 6.45) is 3.74. The molecule has 0 unspecified atom stereocenters. The number of aryl methyl sites for hydroxylation is 1. The van der Waals surface area contributed by atoms with Gasteiger partial charge in [0.25, 0.3) is 0 Å². The molecule has 18 heavy (non-hydrogen) atoms. The monoisotopic (exact) mass is 253 g/mol. The number of rotatable bonds is 5. The number of nitrogens with one attached hydrogen (secondary N) is 2. The zero-order valence-corrected chi connectivity index (χ0v) is 10.6. The van der Waals surface area contributed by atoms with Crippen molar-refractivity contribution in [2.24, 2.45) is 7.05 Å². The van der Waals surface area contributed by atoms with Crippen LogP contribution in [-0.2, 0) is 23.1 Å². The third kappa shape index (κ3) is 3.78. The molecule has 2 rings (SSSR count). The Kier molecular flexibility index (Phi) is 4.66. The molecule has 1 aliphatic rings. The largest absolute Gasteiger partial charge is 0.368 e. The van der Waals surface area contributed by atoms with Gasteiger partial charge in [0.2, 0.25) is 5.91 Å². The number of hydrogen-bond acceptors (Lipinski definition) is 5. The fraction of sp³-hybridized carbons (Fsp3) is 0.727. The first-order valence-corrected chi connectivity index (χ1v) is 6.17. The van der Waals surface area contributed by atoms with Gasteiger partial charge in [-0.15, -0.1) is 10.2 Å². The molecule has 0 bridgehead atoms.